The molecule has 3 aromatic rings. The molecular formula is C18H20N4O2. The Morgan fingerprint density at radius 3 is 2.92 bits per heavy atom. The fraction of sp³-hybridized carbons (Fsp3) is 0.278. The van der Waals surface area contributed by atoms with Gasteiger partial charge in [-0.15, -0.1) is 0 Å². The Kier molecular flexibility index (Phi) is 5.18. The van der Waals surface area contributed by atoms with Crippen molar-refractivity contribution in [2.24, 2.45) is 0 Å². The van der Waals surface area contributed by atoms with Gasteiger partial charge in [0.25, 0.3) is 5.91 Å². The van der Waals surface area contributed by atoms with E-state index in [9.17, 15) is 4.79 Å². The van der Waals surface area contributed by atoms with E-state index in [0.717, 1.165) is 24.0 Å². The maximum absolute atomic E-state index is 12.4. The van der Waals surface area contributed by atoms with Gasteiger partial charge in [0.1, 0.15) is 0 Å². The molecule has 0 aliphatic rings. The average Bonchev–Trinajstić information content (AvgIpc) is 2.97. The number of anilines is 1. The normalized spacial score (nSPS) is 10.9. The zero-order valence-electron chi connectivity index (χ0n) is 13.6. The number of aryl methyl sites for hydroxylation is 1. The van der Waals surface area contributed by atoms with Gasteiger partial charge in [-0.05, 0) is 37.6 Å². The molecule has 2 heterocycles. The Morgan fingerprint density at radius 1 is 1.25 bits per heavy atom. The first-order valence-corrected chi connectivity index (χ1v) is 8.04. The van der Waals surface area contributed by atoms with Gasteiger partial charge in [0, 0.05) is 32.2 Å². The molecule has 1 aromatic carbocycles. The minimum atomic E-state index is -0.218. The molecule has 0 aliphatic heterocycles. The van der Waals surface area contributed by atoms with E-state index in [-0.39, 0.29) is 5.91 Å². The van der Waals surface area contributed by atoms with Gasteiger partial charge < -0.3 is 9.30 Å². The third kappa shape index (κ3) is 3.60. The third-order valence-corrected chi connectivity index (χ3v) is 3.68. The highest BCUT2D eigenvalue weighted by Gasteiger charge is 2.14. The number of nitrogens with zero attached hydrogens (tertiary/aromatic N) is 3. The van der Waals surface area contributed by atoms with Gasteiger partial charge in [-0.3, -0.25) is 15.1 Å². The number of aromatic nitrogens is 3. The first kappa shape index (κ1) is 16.1. The summed E-state index contributed by atoms with van der Waals surface area (Å²) in [6.07, 6.45) is 4.03. The molecule has 0 saturated carbocycles. The van der Waals surface area contributed by atoms with Crippen LogP contribution in [0.5, 0.6) is 0 Å². The van der Waals surface area contributed by atoms with Crippen molar-refractivity contribution in [2.45, 2.75) is 19.9 Å². The fourth-order valence-electron chi connectivity index (χ4n) is 2.54. The van der Waals surface area contributed by atoms with Crippen LogP contribution in [-0.4, -0.2) is 33.7 Å². The average molecular weight is 324 g/mol. The van der Waals surface area contributed by atoms with E-state index in [1.54, 1.807) is 18.3 Å². The topological polar surface area (TPSA) is 69.0 Å². The second-order valence-corrected chi connectivity index (χ2v) is 5.32. The zero-order valence-corrected chi connectivity index (χ0v) is 13.6. The molecular weight excluding hydrogens is 304 g/mol. The maximum atomic E-state index is 12.4. The molecule has 6 heteroatoms. The lowest BCUT2D eigenvalue weighted by molar-refractivity contribution is 0.102. The van der Waals surface area contributed by atoms with E-state index in [2.05, 4.69) is 15.3 Å². The molecule has 1 amide bonds. The number of fused-ring (bicyclic) bond motifs is 1. The number of carbonyl (C=O) groups is 1. The molecule has 0 spiro atoms. The number of hydrogen-bond acceptors (Lipinski definition) is 4. The highest BCUT2D eigenvalue weighted by molar-refractivity contribution is 6.03. The number of nitrogens with one attached hydrogen (secondary N) is 1. The number of benzene rings is 1. The Morgan fingerprint density at radius 2 is 2.12 bits per heavy atom. The molecule has 24 heavy (non-hydrogen) atoms. The number of amides is 1. The van der Waals surface area contributed by atoms with Crippen LogP contribution in [0.15, 0.2) is 48.8 Å². The van der Waals surface area contributed by atoms with Crippen LogP contribution < -0.4 is 5.32 Å². The van der Waals surface area contributed by atoms with Crippen LogP contribution in [0.1, 0.15) is 23.7 Å². The molecule has 3 rings (SSSR count). The Hall–Kier alpha value is -2.73. The van der Waals surface area contributed by atoms with Gasteiger partial charge in [0.15, 0.2) is 0 Å². The minimum Gasteiger partial charge on any atom is -0.382 e. The lowest BCUT2D eigenvalue weighted by atomic mass is 10.3. The van der Waals surface area contributed by atoms with Crippen LogP contribution >= 0.6 is 0 Å². The number of pyridine rings is 1. The Labute approximate surface area is 140 Å². The lowest BCUT2D eigenvalue weighted by Crippen LogP contribution is -2.16. The van der Waals surface area contributed by atoms with Crippen molar-refractivity contribution in [2.75, 3.05) is 18.5 Å². The molecule has 0 atom stereocenters. The summed E-state index contributed by atoms with van der Waals surface area (Å²) in [5, 5.41) is 2.89. The number of ether oxygens (including phenoxy) is 1. The zero-order chi connectivity index (χ0) is 16.8. The number of para-hydroxylation sites is 2. The predicted molar refractivity (Wildman–Crippen MR) is 93.0 cm³/mol. The molecule has 0 aliphatic carbocycles. The fourth-order valence-corrected chi connectivity index (χ4v) is 2.54. The summed E-state index contributed by atoms with van der Waals surface area (Å²) >= 11 is 0. The van der Waals surface area contributed by atoms with E-state index in [1.165, 1.54) is 6.20 Å². The van der Waals surface area contributed by atoms with Crippen LogP contribution in [0.2, 0.25) is 0 Å². The van der Waals surface area contributed by atoms with E-state index >= 15 is 0 Å². The molecule has 1 N–H and O–H groups in total. The SMILES string of the molecule is CCOCCCn1c(NC(=O)c2cccnc2)nc2ccccc21. The van der Waals surface area contributed by atoms with Crippen molar-refractivity contribution in [3.63, 3.8) is 0 Å². The molecule has 0 fully saturated rings. The molecule has 0 bridgehead atoms. The van der Waals surface area contributed by atoms with Crippen molar-refractivity contribution >= 4 is 22.9 Å². The molecule has 2 aromatic heterocycles. The third-order valence-electron chi connectivity index (χ3n) is 3.68. The van der Waals surface area contributed by atoms with Crippen molar-refractivity contribution in [3.05, 3.63) is 54.4 Å². The lowest BCUT2D eigenvalue weighted by Gasteiger charge is -2.10. The molecule has 0 radical (unpaired) electrons. The summed E-state index contributed by atoms with van der Waals surface area (Å²) in [7, 11) is 0. The van der Waals surface area contributed by atoms with Crippen LogP contribution in [0, 0.1) is 0 Å². The first-order chi connectivity index (χ1) is 11.8. The van der Waals surface area contributed by atoms with Crippen LogP contribution in [0.3, 0.4) is 0 Å². The predicted octanol–water partition coefficient (Wildman–Crippen LogP) is 3.11. The quantitative estimate of drug-likeness (QED) is 0.678. The number of imidazole rings is 1. The summed E-state index contributed by atoms with van der Waals surface area (Å²) in [5.74, 6) is 0.325. The summed E-state index contributed by atoms with van der Waals surface area (Å²) < 4.78 is 7.42. The molecule has 6 nitrogen and oxygen atoms in total. The van der Waals surface area contributed by atoms with Gasteiger partial charge in [-0.2, -0.15) is 0 Å². The summed E-state index contributed by atoms with van der Waals surface area (Å²) in [5.41, 5.74) is 2.36. The van der Waals surface area contributed by atoms with Gasteiger partial charge in [0.2, 0.25) is 5.95 Å². The van der Waals surface area contributed by atoms with Gasteiger partial charge in [-0.25, -0.2) is 4.98 Å². The van der Waals surface area contributed by atoms with E-state index in [0.29, 0.717) is 24.7 Å². The minimum absolute atomic E-state index is 0.218. The van der Waals surface area contributed by atoms with E-state index in [4.69, 9.17) is 4.74 Å². The smallest absolute Gasteiger partial charge is 0.259 e. The molecule has 124 valence electrons. The summed E-state index contributed by atoms with van der Waals surface area (Å²) in [6.45, 7) is 4.09. The van der Waals surface area contributed by atoms with Gasteiger partial charge in [-0.1, -0.05) is 12.1 Å². The summed E-state index contributed by atoms with van der Waals surface area (Å²) in [4.78, 5) is 20.9. The second-order valence-electron chi connectivity index (χ2n) is 5.32. The van der Waals surface area contributed by atoms with Crippen LogP contribution in [0.4, 0.5) is 5.95 Å². The Bertz CT molecular complexity index is 814. The highest BCUT2D eigenvalue weighted by atomic mass is 16.5. The number of hydrogen-bond donors (Lipinski definition) is 1. The van der Waals surface area contributed by atoms with Gasteiger partial charge in [0.05, 0.1) is 16.6 Å². The first-order valence-electron chi connectivity index (χ1n) is 8.04. The monoisotopic (exact) mass is 324 g/mol. The van der Waals surface area contributed by atoms with Crippen molar-refractivity contribution in [1.82, 2.24) is 14.5 Å². The number of carbonyl (C=O) groups excluding carboxylic acids is 1. The summed E-state index contributed by atoms with van der Waals surface area (Å²) in [6, 6.07) is 11.3. The van der Waals surface area contributed by atoms with Crippen molar-refractivity contribution in [1.29, 1.82) is 0 Å². The number of rotatable bonds is 7. The van der Waals surface area contributed by atoms with Crippen LogP contribution in [0.25, 0.3) is 11.0 Å². The maximum Gasteiger partial charge on any atom is 0.259 e. The standard InChI is InChI=1S/C18H20N4O2/c1-2-24-12-6-11-22-16-9-4-3-8-15(16)20-18(22)21-17(23)14-7-5-10-19-13-14/h3-5,7-10,13H,2,6,11-12H2,1H3,(H,20,21,23). The molecule has 0 unspecified atom stereocenters. The van der Waals surface area contributed by atoms with E-state index < -0.39 is 0 Å². The second kappa shape index (κ2) is 7.70. The van der Waals surface area contributed by atoms with Gasteiger partial charge >= 0.3 is 0 Å². The largest absolute Gasteiger partial charge is 0.382 e. The Balaban J connectivity index is 1.84. The van der Waals surface area contributed by atoms with E-state index in [1.807, 2.05) is 35.8 Å². The highest BCUT2D eigenvalue weighted by Crippen LogP contribution is 2.20. The van der Waals surface area contributed by atoms with Crippen molar-refractivity contribution < 1.29 is 9.53 Å². The van der Waals surface area contributed by atoms with Crippen molar-refractivity contribution in [3.8, 4) is 0 Å². The van der Waals surface area contributed by atoms with Crippen LogP contribution in [-0.2, 0) is 11.3 Å². The molecule has 0 saturated heterocycles.